The van der Waals surface area contributed by atoms with Crippen molar-refractivity contribution >= 4 is 40.4 Å². The standard InChI is InChI=1S/C26H24ClN3O4S/c1-3-12-28(26(32)19-5-4-17(2)22(15-19)30(33)34)16-24(31)29-13-10-23-21(11-14-35-23)25(29)18-6-8-20(27)9-7-18/h3-9,11,14-15,25H,1,10,12-13,16H2,2H3. The Labute approximate surface area is 212 Å². The molecular weight excluding hydrogens is 486 g/mol. The molecule has 0 spiro atoms. The lowest BCUT2D eigenvalue weighted by atomic mass is 9.93. The lowest BCUT2D eigenvalue weighted by molar-refractivity contribution is -0.385. The van der Waals surface area contributed by atoms with Crippen LogP contribution in [0.3, 0.4) is 0 Å². The number of carbonyl (C=O) groups excluding carboxylic acids is 2. The number of nitro benzene ring substituents is 1. The molecule has 7 nitrogen and oxygen atoms in total. The van der Waals surface area contributed by atoms with Crippen LogP contribution in [0.4, 0.5) is 5.69 Å². The number of hydrogen-bond acceptors (Lipinski definition) is 5. The minimum atomic E-state index is -0.516. The number of fused-ring (bicyclic) bond motifs is 1. The highest BCUT2D eigenvalue weighted by atomic mass is 35.5. The number of rotatable bonds is 7. The van der Waals surface area contributed by atoms with Crippen LogP contribution in [0.25, 0.3) is 0 Å². The third-order valence-electron chi connectivity index (χ3n) is 6.09. The highest BCUT2D eigenvalue weighted by molar-refractivity contribution is 7.10. The Kier molecular flexibility index (Phi) is 7.33. The summed E-state index contributed by atoms with van der Waals surface area (Å²) in [5.41, 5.74) is 2.50. The quantitative estimate of drug-likeness (QED) is 0.242. The van der Waals surface area contributed by atoms with E-state index < -0.39 is 10.8 Å². The van der Waals surface area contributed by atoms with E-state index in [1.54, 1.807) is 47.4 Å². The largest absolute Gasteiger partial charge is 0.330 e. The summed E-state index contributed by atoms with van der Waals surface area (Å²) in [5.74, 6) is -0.670. The minimum absolute atomic E-state index is 0.134. The van der Waals surface area contributed by atoms with Crippen LogP contribution in [0.15, 0.2) is 66.6 Å². The van der Waals surface area contributed by atoms with Crippen molar-refractivity contribution in [3.8, 4) is 0 Å². The summed E-state index contributed by atoms with van der Waals surface area (Å²) in [6.07, 6.45) is 2.28. The van der Waals surface area contributed by atoms with E-state index in [0.29, 0.717) is 17.1 Å². The maximum Gasteiger partial charge on any atom is 0.273 e. The molecule has 0 N–H and O–H groups in total. The molecule has 35 heavy (non-hydrogen) atoms. The van der Waals surface area contributed by atoms with Crippen molar-refractivity contribution in [1.82, 2.24) is 9.80 Å². The number of thiophene rings is 1. The van der Waals surface area contributed by atoms with Gasteiger partial charge in [-0.2, -0.15) is 0 Å². The summed E-state index contributed by atoms with van der Waals surface area (Å²) in [6, 6.07) is 13.5. The minimum Gasteiger partial charge on any atom is -0.330 e. The highest BCUT2D eigenvalue weighted by Gasteiger charge is 2.34. The van der Waals surface area contributed by atoms with E-state index in [0.717, 1.165) is 17.5 Å². The fraction of sp³-hybridized carbons (Fsp3) is 0.231. The molecular formula is C26H24ClN3O4S. The lowest BCUT2D eigenvalue weighted by Gasteiger charge is -2.37. The van der Waals surface area contributed by atoms with Crippen LogP contribution in [0.1, 0.15) is 38.0 Å². The molecule has 3 aromatic rings. The molecule has 0 saturated carbocycles. The Bertz CT molecular complexity index is 1290. The Hall–Kier alpha value is -3.49. The van der Waals surface area contributed by atoms with Crippen molar-refractivity contribution in [2.24, 2.45) is 0 Å². The van der Waals surface area contributed by atoms with Gasteiger partial charge < -0.3 is 9.80 Å². The molecule has 4 rings (SSSR count). The van der Waals surface area contributed by atoms with Crippen molar-refractivity contribution in [3.05, 3.63) is 109 Å². The summed E-state index contributed by atoms with van der Waals surface area (Å²) in [4.78, 5) is 42.1. The molecule has 2 amide bonds. The molecule has 1 aliphatic rings. The van der Waals surface area contributed by atoms with Crippen molar-refractivity contribution < 1.29 is 14.5 Å². The first-order valence-corrected chi connectivity index (χ1v) is 12.3. The predicted octanol–water partition coefficient (Wildman–Crippen LogP) is 5.42. The summed E-state index contributed by atoms with van der Waals surface area (Å²) in [6.45, 7) is 5.81. The molecule has 180 valence electrons. The van der Waals surface area contributed by atoms with Gasteiger partial charge >= 0.3 is 0 Å². The average Bonchev–Trinajstić information content (AvgIpc) is 3.32. The number of aryl methyl sites for hydroxylation is 1. The topological polar surface area (TPSA) is 83.8 Å². The zero-order valence-electron chi connectivity index (χ0n) is 19.1. The van der Waals surface area contributed by atoms with E-state index in [2.05, 4.69) is 6.58 Å². The second-order valence-corrected chi connectivity index (χ2v) is 9.76. The van der Waals surface area contributed by atoms with Crippen molar-refractivity contribution in [2.75, 3.05) is 19.6 Å². The zero-order valence-corrected chi connectivity index (χ0v) is 20.7. The summed E-state index contributed by atoms with van der Waals surface area (Å²) < 4.78 is 0. The number of nitrogens with zero attached hydrogens (tertiary/aromatic N) is 3. The van der Waals surface area contributed by atoms with Crippen molar-refractivity contribution in [3.63, 3.8) is 0 Å². The zero-order chi connectivity index (χ0) is 25.1. The maximum absolute atomic E-state index is 13.6. The van der Waals surface area contributed by atoms with Gasteiger partial charge in [0.2, 0.25) is 5.91 Å². The fourth-order valence-corrected chi connectivity index (χ4v) is 5.37. The second-order valence-electron chi connectivity index (χ2n) is 8.32. The van der Waals surface area contributed by atoms with E-state index in [1.807, 2.05) is 23.6 Å². The van der Waals surface area contributed by atoms with E-state index in [1.165, 1.54) is 21.9 Å². The van der Waals surface area contributed by atoms with Crippen molar-refractivity contribution in [1.29, 1.82) is 0 Å². The molecule has 1 aromatic heterocycles. The summed E-state index contributed by atoms with van der Waals surface area (Å²) >= 11 is 7.76. The molecule has 1 unspecified atom stereocenters. The Morgan fingerprint density at radius 1 is 1.26 bits per heavy atom. The molecule has 0 bridgehead atoms. The first kappa shape index (κ1) is 24.6. The molecule has 0 aliphatic carbocycles. The molecule has 2 aromatic carbocycles. The monoisotopic (exact) mass is 509 g/mol. The van der Waals surface area contributed by atoms with E-state index in [-0.39, 0.29) is 36.3 Å². The first-order valence-electron chi connectivity index (χ1n) is 11.1. The molecule has 0 radical (unpaired) electrons. The Morgan fingerprint density at radius 3 is 2.69 bits per heavy atom. The molecule has 9 heteroatoms. The Balaban J connectivity index is 1.62. The van der Waals surface area contributed by atoms with Gasteiger partial charge in [0.1, 0.15) is 6.54 Å². The van der Waals surface area contributed by atoms with Gasteiger partial charge in [0.25, 0.3) is 11.6 Å². The number of benzene rings is 2. The fourth-order valence-electron chi connectivity index (χ4n) is 4.34. The van der Waals surface area contributed by atoms with E-state index >= 15 is 0 Å². The van der Waals surface area contributed by atoms with Gasteiger partial charge in [-0.1, -0.05) is 35.9 Å². The number of hydrogen-bond donors (Lipinski definition) is 0. The molecule has 1 atom stereocenters. The van der Waals surface area contributed by atoms with Gasteiger partial charge in [0.05, 0.1) is 11.0 Å². The number of carbonyl (C=O) groups is 2. The number of halogens is 1. The lowest BCUT2D eigenvalue weighted by Crippen LogP contribution is -2.46. The number of nitro groups is 1. The molecule has 2 heterocycles. The van der Waals surface area contributed by atoms with Crippen LogP contribution in [0.2, 0.25) is 5.02 Å². The third-order valence-corrected chi connectivity index (χ3v) is 7.34. The van der Waals surface area contributed by atoms with Crippen LogP contribution < -0.4 is 0 Å². The average molecular weight is 510 g/mol. The SMILES string of the molecule is C=CCN(CC(=O)N1CCc2sccc2C1c1ccc(Cl)cc1)C(=O)c1ccc(C)c([N+](=O)[O-])c1. The maximum atomic E-state index is 13.6. The van der Waals surface area contributed by atoms with Gasteiger partial charge in [-0.25, -0.2) is 0 Å². The highest BCUT2D eigenvalue weighted by Crippen LogP contribution is 2.38. The first-order chi connectivity index (χ1) is 16.8. The van der Waals surface area contributed by atoms with Crippen molar-refractivity contribution in [2.45, 2.75) is 19.4 Å². The smallest absolute Gasteiger partial charge is 0.273 e. The second kappa shape index (κ2) is 10.4. The van der Waals surface area contributed by atoms with Crippen LogP contribution in [0.5, 0.6) is 0 Å². The van der Waals surface area contributed by atoms with Crippen LogP contribution in [-0.2, 0) is 11.2 Å². The van der Waals surface area contributed by atoms with E-state index in [9.17, 15) is 19.7 Å². The van der Waals surface area contributed by atoms with E-state index in [4.69, 9.17) is 11.6 Å². The van der Waals surface area contributed by atoms with Gasteiger partial charge in [-0.05, 0) is 54.1 Å². The number of amides is 2. The third kappa shape index (κ3) is 5.13. The Morgan fingerprint density at radius 2 is 2.00 bits per heavy atom. The molecule has 0 fully saturated rings. The summed E-state index contributed by atoms with van der Waals surface area (Å²) in [5, 5.41) is 14.0. The molecule has 0 saturated heterocycles. The van der Waals surface area contributed by atoms with Gasteiger partial charge in [-0.3, -0.25) is 19.7 Å². The normalized spacial score (nSPS) is 14.8. The van der Waals surface area contributed by atoms with Gasteiger partial charge in [0, 0.05) is 40.2 Å². The molecule has 1 aliphatic heterocycles. The van der Waals surface area contributed by atoms with Crippen LogP contribution >= 0.6 is 22.9 Å². The summed E-state index contributed by atoms with van der Waals surface area (Å²) in [7, 11) is 0. The van der Waals surface area contributed by atoms with Gasteiger partial charge in [0.15, 0.2) is 0 Å². The predicted molar refractivity (Wildman–Crippen MR) is 137 cm³/mol. The van der Waals surface area contributed by atoms with Crippen LogP contribution in [0, 0.1) is 17.0 Å². The van der Waals surface area contributed by atoms with Gasteiger partial charge in [-0.15, -0.1) is 17.9 Å². The van der Waals surface area contributed by atoms with Crippen LogP contribution in [-0.4, -0.2) is 46.2 Å².